The first-order valence-corrected chi connectivity index (χ1v) is 11.3. The number of rotatable bonds is 8. The van der Waals surface area contributed by atoms with Gasteiger partial charge in [-0.25, -0.2) is 0 Å². The Balaban J connectivity index is 1.60. The normalized spacial score (nSPS) is 11.4. The lowest BCUT2D eigenvalue weighted by Gasteiger charge is -2.17. The maximum atomic E-state index is 9.69. The number of nitrogens with zero attached hydrogens (tertiary/aromatic N) is 3. The molecule has 0 aliphatic heterocycles. The molecule has 0 aliphatic carbocycles. The van der Waals surface area contributed by atoms with Gasteiger partial charge in [-0.3, -0.25) is 9.88 Å². The highest BCUT2D eigenvalue weighted by molar-refractivity contribution is 5.90. The molecule has 4 aromatic rings. The zero-order chi connectivity index (χ0) is 23.2. The largest absolute Gasteiger partial charge is 0.361 e. The average molecular weight is 436 g/mol. The van der Waals surface area contributed by atoms with Crippen molar-refractivity contribution in [3.8, 4) is 6.07 Å². The summed E-state index contributed by atoms with van der Waals surface area (Å²) in [7, 11) is 0. The molecule has 0 aliphatic rings. The van der Waals surface area contributed by atoms with Crippen LogP contribution in [0.25, 0.3) is 23.1 Å². The molecule has 5 nitrogen and oxygen atoms in total. The molecule has 0 radical (unpaired) electrons. The lowest BCUT2D eigenvalue weighted by molar-refractivity contribution is 0.296. The molecule has 0 saturated carbocycles. The summed E-state index contributed by atoms with van der Waals surface area (Å²) in [6, 6.07) is 17.0. The number of aromatic nitrogens is 2. The zero-order valence-electron chi connectivity index (χ0n) is 19.4. The number of hydrogen-bond acceptors (Lipinski definition) is 4. The monoisotopic (exact) mass is 435 g/mol. The van der Waals surface area contributed by atoms with Crippen molar-refractivity contribution in [3.63, 3.8) is 0 Å². The fourth-order valence-electron chi connectivity index (χ4n) is 4.01. The van der Waals surface area contributed by atoms with Gasteiger partial charge >= 0.3 is 0 Å². The Bertz CT molecular complexity index is 1300. The van der Waals surface area contributed by atoms with Gasteiger partial charge in [0.1, 0.15) is 6.07 Å². The standard InChI is InChI=1S/C28H29N5/c1-4-33(5-2)19-22-8-6-21(7-9-22)10-11-23-17-30-18-24(16-29)28(23)32-26-12-13-27-25(20(26)3)14-15-31-27/h6-15,17-18,31H,4-5,19H2,1-3H3,(H,30,32)/b11-10+. The second-order valence-corrected chi connectivity index (χ2v) is 8.10. The molecular weight excluding hydrogens is 406 g/mol. The number of pyridine rings is 1. The van der Waals surface area contributed by atoms with Gasteiger partial charge in [0.2, 0.25) is 0 Å². The van der Waals surface area contributed by atoms with Crippen LogP contribution < -0.4 is 5.32 Å². The minimum absolute atomic E-state index is 0.514. The smallest absolute Gasteiger partial charge is 0.103 e. The number of anilines is 2. The van der Waals surface area contributed by atoms with Crippen LogP contribution >= 0.6 is 0 Å². The van der Waals surface area contributed by atoms with Crippen molar-refractivity contribution in [2.75, 3.05) is 18.4 Å². The fraction of sp³-hybridized carbons (Fsp3) is 0.214. The number of benzene rings is 2. The molecular formula is C28H29N5. The van der Waals surface area contributed by atoms with Crippen LogP contribution in [-0.2, 0) is 6.54 Å². The number of aromatic amines is 1. The predicted molar refractivity (Wildman–Crippen MR) is 137 cm³/mol. The van der Waals surface area contributed by atoms with Gasteiger partial charge < -0.3 is 10.3 Å². The highest BCUT2D eigenvalue weighted by Gasteiger charge is 2.11. The van der Waals surface area contributed by atoms with E-state index in [1.54, 1.807) is 12.4 Å². The molecule has 0 saturated heterocycles. The lowest BCUT2D eigenvalue weighted by atomic mass is 10.1. The topological polar surface area (TPSA) is 67.7 Å². The van der Waals surface area contributed by atoms with E-state index in [9.17, 15) is 5.26 Å². The van der Waals surface area contributed by atoms with Gasteiger partial charge in [0.15, 0.2) is 0 Å². The van der Waals surface area contributed by atoms with E-state index in [1.807, 2.05) is 24.4 Å². The van der Waals surface area contributed by atoms with Gasteiger partial charge in [0.05, 0.1) is 11.3 Å². The molecule has 0 atom stereocenters. The second-order valence-electron chi connectivity index (χ2n) is 8.10. The van der Waals surface area contributed by atoms with Crippen molar-refractivity contribution in [2.24, 2.45) is 0 Å². The van der Waals surface area contributed by atoms with Gasteiger partial charge in [-0.05, 0) is 54.9 Å². The number of nitrogens with one attached hydrogen (secondary N) is 2. The molecule has 2 aromatic heterocycles. The van der Waals surface area contributed by atoms with Gasteiger partial charge in [-0.1, -0.05) is 50.3 Å². The Morgan fingerprint density at radius 3 is 2.55 bits per heavy atom. The van der Waals surface area contributed by atoms with Crippen molar-refractivity contribution in [3.05, 3.63) is 88.9 Å². The molecule has 0 fully saturated rings. The molecule has 5 heteroatoms. The average Bonchev–Trinajstić information content (AvgIpc) is 3.34. The van der Waals surface area contributed by atoms with E-state index in [1.165, 1.54) is 5.56 Å². The molecule has 2 N–H and O–H groups in total. The summed E-state index contributed by atoms with van der Waals surface area (Å²) in [6.45, 7) is 9.52. The maximum absolute atomic E-state index is 9.69. The van der Waals surface area contributed by atoms with E-state index >= 15 is 0 Å². The van der Waals surface area contributed by atoms with Crippen LogP contribution in [0.1, 0.15) is 41.7 Å². The second kappa shape index (κ2) is 10.2. The Kier molecular flexibility index (Phi) is 6.87. The number of aryl methyl sites for hydroxylation is 1. The van der Waals surface area contributed by atoms with Crippen molar-refractivity contribution in [1.82, 2.24) is 14.9 Å². The third kappa shape index (κ3) is 4.97. The Morgan fingerprint density at radius 2 is 1.82 bits per heavy atom. The van der Waals surface area contributed by atoms with Crippen LogP contribution in [0, 0.1) is 18.3 Å². The number of fused-ring (bicyclic) bond motifs is 1. The van der Waals surface area contributed by atoms with Gasteiger partial charge in [-0.2, -0.15) is 5.26 Å². The maximum Gasteiger partial charge on any atom is 0.103 e. The van der Waals surface area contributed by atoms with Crippen LogP contribution in [0.3, 0.4) is 0 Å². The van der Waals surface area contributed by atoms with E-state index in [0.717, 1.165) is 58.6 Å². The van der Waals surface area contributed by atoms with E-state index in [2.05, 4.69) is 83.4 Å². The Hall–Kier alpha value is -3.88. The Labute approximate surface area is 195 Å². The molecule has 0 spiro atoms. The molecule has 2 aromatic carbocycles. The summed E-state index contributed by atoms with van der Waals surface area (Å²) in [4.78, 5) is 9.91. The van der Waals surface area contributed by atoms with Crippen molar-refractivity contribution < 1.29 is 0 Å². The number of H-pyrrole nitrogens is 1. The first-order valence-electron chi connectivity index (χ1n) is 11.3. The molecule has 0 amide bonds. The minimum Gasteiger partial charge on any atom is -0.361 e. The van der Waals surface area contributed by atoms with Crippen LogP contribution in [0.5, 0.6) is 0 Å². The summed E-state index contributed by atoms with van der Waals surface area (Å²) < 4.78 is 0. The summed E-state index contributed by atoms with van der Waals surface area (Å²) in [5, 5.41) is 14.3. The highest BCUT2D eigenvalue weighted by atomic mass is 15.1. The SMILES string of the molecule is CCN(CC)Cc1ccc(/C=C/c2cncc(C#N)c2Nc2ccc3[nH]ccc3c2C)cc1. The first-order chi connectivity index (χ1) is 16.1. The third-order valence-corrected chi connectivity index (χ3v) is 6.09. The van der Waals surface area contributed by atoms with Crippen LogP contribution in [0.4, 0.5) is 11.4 Å². The van der Waals surface area contributed by atoms with Crippen LogP contribution in [-0.4, -0.2) is 28.0 Å². The van der Waals surface area contributed by atoms with E-state index in [4.69, 9.17) is 0 Å². The summed E-state index contributed by atoms with van der Waals surface area (Å²) >= 11 is 0. The number of nitriles is 1. The number of hydrogen-bond donors (Lipinski definition) is 2. The highest BCUT2D eigenvalue weighted by Crippen LogP contribution is 2.31. The van der Waals surface area contributed by atoms with Crippen LogP contribution in [0.2, 0.25) is 0 Å². The van der Waals surface area contributed by atoms with Crippen molar-refractivity contribution in [2.45, 2.75) is 27.3 Å². The quantitative estimate of drug-likeness (QED) is 0.331. The molecule has 166 valence electrons. The molecule has 0 bridgehead atoms. The van der Waals surface area contributed by atoms with Gasteiger partial charge in [-0.15, -0.1) is 0 Å². The molecule has 4 rings (SSSR count). The zero-order valence-corrected chi connectivity index (χ0v) is 19.4. The van der Waals surface area contributed by atoms with Crippen molar-refractivity contribution in [1.29, 1.82) is 5.26 Å². The third-order valence-electron chi connectivity index (χ3n) is 6.09. The first kappa shape index (κ1) is 22.3. The van der Waals surface area contributed by atoms with E-state index < -0.39 is 0 Å². The van der Waals surface area contributed by atoms with E-state index in [-0.39, 0.29) is 0 Å². The van der Waals surface area contributed by atoms with E-state index in [0.29, 0.717) is 5.56 Å². The Morgan fingerprint density at radius 1 is 1.03 bits per heavy atom. The lowest BCUT2D eigenvalue weighted by Crippen LogP contribution is -2.21. The summed E-state index contributed by atoms with van der Waals surface area (Å²) in [5.74, 6) is 0. The van der Waals surface area contributed by atoms with Crippen LogP contribution in [0.15, 0.2) is 61.1 Å². The van der Waals surface area contributed by atoms with Gasteiger partial charge in [0.25, 0.3) is 0 Å². The fourth-order valence-corrected chi connectivity index (χ4v) is 4.01. The summed E-state index contributed by atoms with van der Waals surface area (Å²) in [5.41, 5.74) is 7.76. The van der Waals surface area contributed by atoms with Gasteiger partial charge in [0, 0.05) is 47.3 Å². The van der Waals surface area contributed by atoms with Crippen molar-refractivity contribution >= 4 is 34.4 Å². The minimum atomic E-state index is 0.514. The summed E-state index contributed by atoms with van der Waals surface area (Å²) in [6.07, 6.45) is 9.41. The molecule has 2 heterocycles. The predicted octanol–water partition coefficient (Wildman–Crippen LogP) is 6.50. The molecule has 33 heavy (non-hydrogen) atoms. The molecule has 0 unspecified atom stereocenters.